The van der Waals surface area contributed by atoms with E-state index in [1.807, 2.05) is 59.8 Å². The molecular weight excluding hydrogens is 652 g/mol. The van der Waals surface area contributed by atoms with Crippen molar-refractivity contribution in [3.05, 3.63) is 93.1 Å². The van der Waals surface area contributed by atoms with Crippen molar-refractivity contribution in [1.29, 1.82) is 0 Å². The van der Waals surface area contributed by atoms with E-state index in [1.165, 1.54) is 0 Å². The van der Waals surface area contributed by atoms with E-state index in [9.17, 15) is 44.7 Å². The molecule has 4 rings (SSSR count). The molecule has 2 aliphatic carbocycles. The van der Waals surface area contributed by atoms with Gasteiger partial charge in [-0.2, -0.15) is 0 Å². The Balaban J connectivity index is 0.000000261. The summed E-state index contributed by atoms with van der Waals surface area (Å²) in [6, 6.07) is 0. The summed E-state index contributed by atoms with van der Waals surface area (Å²) in [5, 5.41) is 0. The number of methoxy groups -OCH3 is 1. The molecule has 264 valence electrons. The molecule has 13 heteroatoms. The van der Waals surface area contributed by atoms with Crippen molar-refractivity contribution in [3.63, 3.8) is 0 Å². The van der Waals surface area contributed by atoms with Crippen molar-refractivity contribution in [2.45, 2.75) is 68.3 Å². The lowest BCUT2D eigenvalue weighted by Crippen LogP contribution is -2.15. The average Bonchev–Trinajstić information content (AvgIpc) is 3.81. The minimum Gasteiger partial charge on any atom is -0.460 e. The number of benzene rings is 2. The zero-order chi connectivity index (χ0) is 36.5. The van der Waals surface area contributed by atoms with Gasteiger partial charge in [0.2, 0.25) is 0 Å². The number of halogens is 8. The molecule has 2 unspecified atom stereocenters. The maximum absolute atomic E-state index is 14.0. The van der Waals surface area contributed by atoms with Crippen LogP contribution >= 0.6 is 0 Å². The lowest BCUT2D eigenvalue weighted by atomic mass is 10.1. The Morgan fingerprint density at radius 3 is 1.17 bits per heavy atom. The molecule has 2 saturated carbocycles. The Morgan fingerprint density at radius 2 is 0.875 bits per heavy atom. The summed E-state index contributed by atoms with van der Waals surface area (Å²) in [7, 11) is 1.14. The number of rotatable bonds is 10. The van der Waals surface area contributed by atoms with Crippen LogP contribution in [0.4, 0.5) is 35.1 Å². The Morgan fingerprint density at radius 1 is 0.583 bits per heavy atom. The van der Waals surface area contributed by atoms with Gasteiger partial charge in [-0.3, -0.25) is 9.59 Å². The van der Waals surface area contributed by atoms with Crippen LogP contribution < -0.4 is 0 Å². The predicted molar refractivity (Wildman–Crippen MR) is 159 cm³/mol. The van der Waals surface area contributed by atoms with Crippen LogP contribution in [0.1, 0.15) is 63.8 Å². The average molecular weight is 691 g/mol. The van der Waals surface area contributed by atoms with Crippen LogP contribution in [0, 0.1) is 88.0 Å². The van der Waals surface area contributed by atoms with Gasteiger partial charge in [-0.05, 0) is 43.4 Å². The lowest BCUT2D eigenvalue weighted by Gasteiger charge is -2.12. The number of allylic oxidation sites excluding steroid dienone is 4. The fourth-order valence-corrected chi connectivity index (χ4v) is 5.89. The second-order valence-electron chi connectivity index (χ2n) is 12.9. The highest BCUT2D eigenvalue weighted by molar-refractivity contribution is 5.78. The van der Waals surface area contributed by atoms with E-state index >= 15 is 0 Å². The first-order valence-corrected chi connectivity index (χ1v) is 15.1. The summed E-state index contributed by atoms with van der Waals surface area (Å²) in [5.41, 5.74) is -4.11. The van der Waals surface area contributed by atoms with Crippen LogP contribution in [0.5, 0.6) is 0 Å². The van der Waals surface area contributed by atoms with E-state index in [4.69, 9.17) is 9.47 Å². The second kappa shape index (κ2) is 14.8. The molecule has 0 spiro atoms. The van der Waals surface area contributed by atoms with Crippen LogP contribution in [0.25, 0.3) is 0 Å². The van der Waals surface area contributed by atoms with E-state index in [0.717, 1.165) is 14.0 Å². The molecule has 0 amide bonds. The first kappa shape index (κ1) is 38.7. The largest absolute Gasteiger partial charge is 0.460 e. The molecule has 0 heterocycles. The highest BCUT2D eigenvalue weighted by Crippen LogP contribution is 2.60. The smallest absolute Gasteiger partial charge is 0.310 e. The fourth-order valence-electron chi connectivity index (χ4n) is 5.89. The van der Waals surface area contributed by atoms with E-state index in [1.54, 1.807) is 6.08 Å². The minimum absolute atomic E-state index is 0.0267. The third kappa shape index (κ3) is 7.30. The van der Waals surface area contributed by atoms with Gasteiger partial charge in [0.15, 0.2) is 46.5 Å². The number of carbonyl (C=O) groups is 2. The zero-order valence-electron chi connectivity index (χ0n) is 27.8. The van der Waals surface area contributed by atoms with Gasteiger partial charge in [-0.1, -0.05) is 52.0 Å². The molecule has 0 aromatic heterocycles. The van der Waals surface area contributed by atoms with E-state index in [0.29, 0.717) is 0 Å². The number of carbonyl (C=O) groups excluding carboxylic acids is 2. The zero-order valence-corrected chi connectivity index (χ0v) is 27.8. The van der Waals surface area contributed by atoms with Crippen molar-refractivity contribution < 1.29 is 58.9 Å². The summed E-state index contributed by atoms with van der Waals surface area (Å²) in [6.45, 7) is 9.69. The maximum atomic E-state index is 14.0. The summed E-state index contributed by atoms with van der Waals surface area (Å²) in [6.07, 6.45) is 7.33. The first-order chi connectivity index (χ1) is 22.3. The Labute approximate surface area is 273 Å². The normalized spacial score (nSPS) is 22.0. The minimum atomic E-state index is -1.58. The molecule has 2 aromatic carbocycles. The monoisotopic (exact) mass is 690 g/mol. The van der Waals surface area contributed by atoms with Gasteiger partial charge in [0.1, 0.15) is 13.2 Å². The fraction of sp³-hybridized carbons (Fsp3) is 0.486. The predicted octanol–water partition coefficient (Wildman–Crippen LogP) is 8.72. The quantitative estimate of drug-likeness (QED) is 0.108. The molecule has 0 bridgehead atoms. The SMILES string of the molecule is C/C=C\C1[C@@H](C(=O)OCc2c(F)c(F)c(C)c(F)c2F)C1(C)C.C/C=C\C1[C@@H](C(=O)OCc2c(F)c(F)c(COC)c(F)c2F)C1(C)C. The first-order valence-electron chi connectivity index (χ1n) is 15.1. The van der Waals surface area contributed by atoms with Gasteiger partial charge >= 0.3 is 11.9 Å². The summed E-state index contributed by atoms with van der Waals surface area (Å²) in [5.74, 6) is -14.6. The van der Waals surface area contributed by atoms with Crippen molar-refractivity contribution in [2.24, 2.45) is 34.5 Å². The Kier molecular flexibility index (Phi) is 11.9. The number of ether oxygens (including phenoxy) is 3. The molecule has 4 atom stereocenters. The van der Waals surface area contributed by atoms with Gasteiger partial charge in [0.05, 0.1) is 35.1 Å². The molecule has 0 aliphatic heterocycles. The number of esters is 2. The van der Waals surface area contributed by atoms with Crippen LogP contribution in [-0.4, -0.2) is 19.0 Å². The molecule has 2 fully saturated rings. The molecular formula is C35H38F8O5. The van der Waals surface area contributed by atoms with Gasteiger partial charge in [0.25, 0.3) is 0 Å². The summed E-state index contributed by atoms with van der Waals surface area (Å²) in [4.78, 5) is 24.2. The highest BCUT2D eigenvalue weighted by Gasteiger charge is 2.62. The van der Waals surface area contributed by atoms with Gasteiger partial charge < -0.3 is 14.2 Å². The van der Waals surface area contributed by atoms with Crippen molar-refractivity contribution in [2.75, 3.05) is 7.11 Å². The van der Waals surface area contributed by atoms with Crippen molar-refractivity contribution in [1.82, 2.24) is 0 Å². The van der Waals surface area contributed by atoms with E-state index in [2.05, 4.69) is 4.74 Å². The van der Waals surface area contributed by atoms with Crippen LogP contribution in [0.2, 0.25) is 0 Å². The van der Waals surface area contributed by atoms with Crippen LogP contribution in [0.15, 0.2) is 24.3 Å². The molecule has 48 heavy (non-hydrogen) atoms. The Hall–Kier alpha value is -3.74. The third-order valence-electron chi connectivity index (χ3n) is 9.15. The maximum Gasteiger partial charge on any atom is 0.310 e. The second-order valence-corrected chi connectivity index (χ2v) is 12.9. The number of hydrogen-bond acceptors (Lipinski definition) is 5. The molecule has 2 aromatic rings. The molecule has 5 nitrogen and oxygen atoms in total. The highest BCUT2D eigenvalue weighted by atomic mass is 19.2. The van der Waals surface area contributed by atoms with Gasteiger partial charge in [-0.25, -0.2) is 35.1 Å². The van der Waals surface area contributed by atoms with Crippen molar-refractivity contribution in [3.8, 4) is 0 Å². The molecule has 0 radical (unpaired) electrons. The summed E-state index contributed by atoms with van der Waals surface area (Å²) < 4.78 is 124. The Bertz CT molecular complexity index is 1570. The van der Waals surface area contributed by atoms with Gasteiger partial charge in [-0.15, -0.1) is 0 Å². The molecule has 0 N–H and O–H groups in total. The van der Waals surface area contributed by atoms with Gasteiger partial charge in [0, 0.05) is 12.7 Å². The summed E-state index contributed by atoms with van der Waals surface area (Å²) >= 11 is 0. The number of hydrogen-bond donors (Lipinski definition) is 0. The lowest BCUT2D eigenvalue weighted by molar-refractivity contribution is -0.148. The standard InChI is InChI=1S/C18H20F4O3.C17H18F4O2/c1-5-6-11-12(18(11,2)3)17(23)25-8-10-15(21)13(19)9(7-24-4)14(20)16(10)22;1-5-6-10-11(17(10,3)4)16(22)23-7-9-14(20)12(18)8(2)13(19)15(9)21/h5-6,11-12H,7-8H2,1-4H3;5-6,10-11H,7H2,1-4H3/b2*6-5-/t11?,12-;10?,11-/m00/s1. The topological polar surface area (TPSA) is 61.8 Å². The molecule has 0 saturated heterocycles. The van der Waals surface area contributed by atoms with Crippen molar-refractivity contribution >= 4 is 11.9 Å². The molecule has 2 aliphatic rings. The van der Waals surface area contributed by atoms with E-state index in [-0.39, 0.29) is 22.7 Å². The van der Waals surface area contributed by atoms with Crippen LogP contribution in [0.3, 0.4) is 0 Å². The van der Waals surface area contributed by atoms with E-state index < -0.39 is 112 Å². The van der Waals surface area contributed by atoms with Crippen LogP contribution in [-0.2, 0) is 43.6 Å². The third-order valence-corrected chi connectivity index (χ3v) is 9.15.